The Bertz CT molecular complexity index is 543. The molecule has 1 aliphatic rings. The Morgan fingerprint density at radius 3 is 2.08 bits per heavy atom. The quantitative estimate of drug-likeness (QED) is 0.622. The fourth-order valence-corrected chi connectivity index (χ4v) is 3.91. The first-order chi connectivity index (χ1) is 11.9. The second-order valence-electron chi connectivity index (χ2n) is 7.45. The lowest BCUT2D eigenvalue weighted by atomic mass is 10.1. The summed E-state index contributed by atoms with van der Waals surface area (Å²) in [5.74, 6) is 0.224. The second kappa shape index (κ2) is 9.38. The van der Waals surface area contributed by atoms with Crippen molar-refractivity contribution >= 4 is 11.6 Å². The van der Waals surface area contributed by atoms with Crippen LogP contribution in [0, 0.1) is 13.8 Å². The van der Waals surface area contributed by atoms with Crippen LogP contribution in [-0.2, 0) is 4.79 Å². The number of anilines is 1. The van der Waals surface area contributed by atoms with Gasteiger partial charge in [0.1, 0.15) is 0 Å². The molecule has 0 spiro atoms. The van der Waals surface area contributed by atoms with Crippen molar-refractivity contribution in [3.8, 4) is 0 Å². The molecule has 1 aromatic rings. The van der Waals surface area contributed by atoms with Gasteiger partial charge in [0.25, 0.3) is 5.91 Å². The maximum absolute atomic E-state index is 13.2. The first kappa shape index (κ1) is 21.7. The number of para-hydroxylation sites is 1. The number of carbonyl (C=O) groups excluding carboxylic acids is 1. The Balaban J connectivity index is 0.00000151. The smallest absolute Gasteiger partial charge is 0.285 e. The SMILES string of the molecule is CC.CCCC[N+](C)(CCC)C1(C(=O)Nc2c(C)cccc2C)CC1. The number of nitrogens with zero attached hydrogens (tertiary/aromatic N) is 1. The predicted molar refractivity (Wildman–Crippen MR) is 109 cm³/mol. The third-order valence-corrected chi connectivity index (χ3v) is 5.62. The summed E-state index contributed by atoms with van der Waals surface area (Å²) >= 11 is 0. The van der Waals surface area contributed by atoms with E-state index in [-0.39, 0.29) is 11.4 Å². The van der Waals surface area contributed by atoms with Crippen LogP contribution in [0.1, 0.15) is 70.9 Å². The van der Waals surface area contributed by atoms with Crippen LogP contribution in [0.5, 0.6) is 0 Å². The van der Waals surface area contributed by atoms with Crippen molar-refractivity contribution in [2.45, 2.75) is 79.2 Å². The fraction of sp³-hybridized carbons (Fsp3) is 0.682. The molecule has 1 fully saturated rings. The maximum Gasteiger partial charge on any atom is 0.285 e. The van der Waals surface area contributed by atoms with Gasteiger partial charge in [0, 0.05) is 18.5 Å². The van der Waals surface area contributed by atoms with Crippen molar-refractivity contribution in [3.63, 3.8) is 0 Å². The number of amides is 1. The second-order valence-corrected chi connectivity index (χ2v) is 7.45. The standard InChI is InChI=1S/C20H32N2O.C2H6/c1-6-8-15-22(5,14-7-2)20(12-13-20)19(23)21-18-16(3)10-9-11-17(18)4;1-2/h9-11H,6-8,12-15H2,1-5H3;1-2H3/p+1. The van der Waals surface area contributed by atoms with Gasteiger partial charge in [-0.1, -0.05) is 52.3 Å². The zero-order valence-electron chi connectivity index (χ0n) is 17.5. The number of unbranched alkanes of at least 4 members (excludes halogenated alkanes) is 1. The zero-order chi connectivity index (χ0) is 19.1. The van der Waals surface area contributed by atoms with Gasteiger partial charge < -0.3 is 9.80 Å². The Kier molecular flexibility index (Phi) is 8.14. The van der Waals surface area contributed by atoms with E-state index in [2.05, 4.69) is 52.2 Å². The predicted octanol–water partition coefficient (Wildman–Crippen LogP) is 5.46. The lowest BCUT2D eigenvalue weighted by Gasteiger charge is -2.41. The van der Waals surface area contributed by atoms with Crippen molar-refractivity contribution in [2.24, 2.45) is 0 Å². The molecule has 0 aliphatic heterocycles. The molecule has 0 aromatic heterocycles. The molecular weight excluding hydrogens is 308 g/mol. The highest BCUT2D eigenvalue weighted by atomic mass is 16.2. The highest BCUT2D eigenvalue weighted by Crippen LogP contribution is 2.47. The Labute approximate surface area is 155 Å². The molecular formula is C22H39N2O+. The summed E-state index contributed by atoms with van der Waals surface area (Å²) in [5, 5.41) is 3.27. The van der Waals surface area contributed by atoms with Crippen molar-refractivity contribution < 1.29 is 9.28 Å². The molecule has 1 N–H and O–H groups in total. The molecule has 0 saturated heterocycles. The average molecular weight is 348 g/mol. The molecule has 1 amide bonds. The van der Waals surface area contributed by atoms with E-state index in [0.717, 1.165) is 53.6 Å². The normalized spacial score (nSPS) is 17.1. The van der Waals surface area contributed by atoms with Crippen LogP contribution in [0.25, 0.3) is 0 Å². The van der Waals surface area contributed by atoms with E-state index < -0.39 is 0 Å². The number of nitrogens with one attached hydrogen (secondary N) is 1. The van der Waals surface area contributed by atoms with Crippen LogP contribution in [0.3, 0.4) is 0 Å². The summed E-state index contributed by atoms with van der Waals surface area (Å²) < 4.78 is 0.897. The van der Waals surface area contributed by atoms with E-state index in [1.165, 1.54) is 12.8 Å². The molecule has 1 aromatic carbocycles. The summed E-state index contributed by atoms with van der Waals surface area (Å²) in [5.41, 5.74) is 3.09. The van der Waals surface area contributed by atoms with Gasteiger partial charge in [-0.3, -0.25) is 4.79 Å². The number of hydrogen-bond donors (Lipinski definition) is 1. The minimum atomic E-state index is -0.208. The lowest BCUT2D eigenvalue weighted by Crippen LogP contribution is -2.60. The molecule has 1 aliphatic carbocycles. The highest BCUT2D eigenvalue weighted by Gasteiger charge is 2.63. The zero-order valence-corrected chi connectivity index (χ0v) is 17.5. The third kappa shape index (κ3) is 4.63. The summed E-state index contributed by atoms with van der Waals surface area (Å²) in [4.78, 5) is 13.2. The number of aryl methyl sites for hydroxylation is 2. The molecule has 1 atom stereocenters. The van der Waals surface area contributed by atoms with Gasteiger partial charge in [-0.05, 0) is 37.8 Å². The van der Waals surface area contributed by atoms with Gasteiger partial charge in [-0.25, -0.2) is 0 Å². The molecule has 2 rings (SSSR count). The van der Waals surface area contributed by atoms with Crippen LogP contribution >= 0.6 is 0 Å². The van der Waals surface area contributed by atoms with Crippen molar-refractivity contribution in [1.82, 2.24) is 0 Å². The van der Waals surface area contributed by atoms with Gasteiger partial charge in [-0.15, -0.1) is 0 Å². The Morgan fingerprint density at radius 2 is 1.64 bits per heavy atom. The average Bonchev–Trinajstić information content (AvgIpc) is 3.41. The molecule has 3 heteroatoms. The topological polar surface area (TPSA) is 29.1 Å². The maximum atomic E-state index is 13.2. The summed E-state index contributed by atoms with van der Waals surface area (Å²) in [6, 6.07) is 6.18. The fourth-order valence-electron chi connectivity index (χ4n) is 3.91. The number of hydrogen-bond acceptors (Lipinski definition) is 1. The van der Waals surface area contributed by atoms with E-state index in [0.29, 0.717) is 0 Å². The van der Waals surface area contributed by atoms with Crippen LogP contribution in [-0.4, -0.2) is 36.1 Å². The molecule has 3 nitrogen and oxygen atoms in total. The Morgan fingerprint density at radius 1 is 1.08 bits per heavy atom. The Hall–Kier alpha value is -1.35. The first-order valence-corrected chi connectivity index (χ1v) is 10.1. The molecule has 1 unspecified atom stereocenters. The largest absolute Gasteiger partial charge is 0.320 e. The summed E-state index contributed by atoms with van der Waals surface area (Å²) in [6.45, 7) is 14.8. The molecule has 142 valence electrons. The lowest BCUT2D eigenvalue weighted by molar-refractivity contribution is -0.934. The monoisotopic (exact) mass is 347 g/mol. The van der Waals surface area contributed by atoms with Crippen LogP contribution in [0.2, 0.25) is 0 Å². The van der Waals surface area contributed by atoms with Crippen molar-refractivity contribution in [1.29, 1.82) is 0 Å². The van der Waals surface area contributed by atoms with E-state index in [4.69, 9.17) is 0 Å². The summed E-state index contributed by atoms with van der Waals surface area (Å²) in [7, 11) is 2.29. The van der Waals surface area contributed by atoms with Crippen LogP contribution in [0.15, 0.2) is 18.2 Å². The van der Waals surface area contributed by atoms with Gasteiger partial charge >= 0.3 is 0 Å². The number of rotatable bonds is 8. The number of carbonyl (C=O) groups is 1. The molecule has 0 bridgehead atoms. The van der Waals surface area contributed by atoms with Crippen molar-refractivity contribution in [3.05, 3.63) is 29.3 Å². The molecule has 1 saturated carbocycles. The van der Waals surface area contributed by atoms with Gasteiger partial charge in [0.05, 0.1) is 20.1 Å². The number of quaternary nitrogens is 1. The third-order valence-electron chi connectivity index (χ3n) is 5.62. The first-order valence-electron chi connectivity index (χ1n) is 10.1. The van der Waals surface area contributed by atoms with E-state index in [1.807, 2.05) is 19.9 Å². The van der Waals surface area contributed by atoms with Gasteiger partial charge in [0.15, 0.2) is 5.54 Å². The molecule has 0 heterocycles. The minimum Gasteiger partial charge on any atom is -0.320 e. The van der Waals surface area contributed by atoms with E-state index >= 15 is 0 Å². The molecule has 25 heavy (non-hydrogen) atoms. The van der Waals surface area contributed by atoms with Crippen LogP contribution in [0.4, 0.5) is 5.69 Å². The highest BCUT2D eigenvalue weighted by molar-refractivity contribution is 6.00. The number of benzene rings is 1. The number of likely N-dealkylation sites (N-methyl/N-ethyl adjacent to an activating group) is 1. The molecule has 0 radical (unpaired) electrons. The van der Waals surface area contributed by atoms with Crippen LogP contribution < -0.4 is 5.32 Å². The van der Waals surface area contributed by atoms with Crippen molar-refractivity contribution in [2.75, 3.05) is 25.5 Å². The van der Waals surface area contributed by atoms with Gasteiger partial charge in [-0.2, -0.15) is 0 Å². The van der Waals surface area contributed by atoms with E-state index in [9.17, 15) is 4.79 Å². The van der Waals surface area contributed by atoms with Gasteiger partial charge in [0.2, 0.25) is 0 Å². The minimum absolute atomic E-state index is 0.208. The van der Waals surface area contributed by atoms with E-state index in [1.54, 1.807) is 0 Å². The summed E-state index contributed by atoms with van der Waals surface area (Å²) in [6.07, 6.45) is 5.54.